The third-order valence-corrected chi connectivity index (χ3v) is 2.47. The van der Waals surface area contributed by atoms with Crippen molar-refractivity contribution in [3.05, 3.63) is 0 Å². The Hall–Kier alpha value is -1.30. The number of methoxy groups -OCH3 is 1. The number of aliphatic imine (C=N–C) groups is 1. The molecule has 0 heterocycles. The van der Waals surface area contributed by atoms with E-state index in [4.69, 9.17) is 4.74 Å². The molecule has 0 saturated heterocycles. The summed E-state index contributed by atoms with van der Waals surface area (Å²) in [6.07, 6.45) is 0. The van der Waals surface area contributed by atoms with E-state index < -0.39 is 0 Å². The Labute approximate surface area is 122 Å². The Morgan fingerprint density at radius 1 is 1.15 bits per heavy atom. The van der Waals surface area contributed by atoms with Crippen molar-refractivity contribution in [2.24, 2.45) is 4.99 Å². The molecule has 0 bridgehead atoms. The largest absolute Gasteiger partial charge is 0.377 e. The standard InChI is InChI=1S/C14H30N4O2/c1-8-15-12(17-10-14(5,6)20-7)16-9-11(19)18-13(2,3)4/h8-10H2,1-7H3,(H,18,19)(H2,15,16,17). The summed E-state index contributed by atoms with van der Waals surface area (Å²) < 4.78 is 5.33. The highest BCUT2D eigenvalue weighted by atomic mass is 16.5. The van der Waals surface area contributed by atoms with Gasteiger partial charge in [-0.15, -0.1) is 0 Å². The van der Waals surface area contributed by atoms with Gasteiger partial charge in [-0.3, -0.25) is 4.79 Å². The van der Waals surface area contributed by atoms with Gasteiger partial charge in [0, 0.05) is 25.7 Å². The SMILES string of the molecule is CCNC(=NCC(=O)NC(C)(C)C)NCC(C)(C)OC. The smallest absolute Gasteiger partial charge is 0.242 e. The van der Waals surface area contributed by atoms with Gasteiger partial charge in [-0.05, 0) is 41.5 Å². The van der Waals surface area contributed by atoms with Crippen molar-refractivity contribution in [2.45, 2.75) is 52.7 Å². The summed E-state index contributed by atoms with van der Waals surface area (Å²) in [6, 6.07) is 0. The fraction of sp³-hybridized carbons (Fsp3) is 0.857. The number of guanidine groups is 1. The van der Waals surface area contributed by atoms with Gasteiger partial charge in [0.15, 0.2) is 5.96 Å². The minimum atomic E-state index is -0.288. The maximum atomic E-state index is 11.7. The van der Waals surface area contributed by atoms with Gasteiger partial charge in [-0.2, -0.15) is 0 Å². The normalized spacial score (nSPS) is 13.1. The Morgan fingerprint density at radius 3 is 2.20 bits per heavy atom. The number of hydrogen-bond acceptors (Lipinski definition) is 3. The molecule has 1 amide bonds. The molecule has 0 saturated carbocycles. The molecule has 0 aromatic heterocycles. The lowest BCUT2D eigenvalue weighted by atomic mass is 10.1. The summed E-state index contributed by atoms with van der Waals surface area (Å²) in [4.78, 5) is 16.0. The number of rotatable bonds is 6. The Morgan fingerprint density at radius 2 is 1.75 bits per heavy atom. The van der Waals surface area contributed by atoms with Gasteiger partial charge >= 0.3 is 0 Å². The van der Waals surface area contributed by atoms with Crippen LogP contribution < -0.4 is 16.0 Å². The van der Waals surface area contributed by atoms with Crippen LogP contribution in [0.2, 0.25) is 0 Å². The lowest BCUT2D eigenvalue weighted by Gasteiger charge is -2.24. The van der Waals surface area contributed by atoms with E-state index in [0.717, 1.165) is 6.54 Å². The monoisotopic (exact) mass is 286 g/mol. The second-order valence-electron chi connectivity index (χ2n) is 6.31. The summed E-state index contributed by atoms with van der Waals surface area (Å²) in [7, 11) is 1.67. The molecule has 0 unspecified atom stereocenters. The molecule has 0 aliphatic rings. The summed E-state index contributed by atoms with van der Waals surface area (Å²) >= 11 is 0. The number of carbonyl (C=O) groups excluding carboxylic acids is 1. The maximum Gasteiger partial charge on any atom is 0.242 e. The lowest BCUT2D eigenvalue weighted by Crippen LogP contribution is -2.46. The molecule has 118 valence electrons. The van der Waals surface area contributed by atoms with Gasteiger partial charge in [0.05, 0.1) is 5.60 Å². The molecule has 6 nitrogen and oxygen atoms in total. The fourth-order valence-electron chi connectivity index (χ4n) is 1.32. The van der Waals surface area contributed by atoms with Crippen molar-refractivity contribution < 1.29 is 9.53 Å². The van der Waals surface area contributed by atoms with E-state index in [1.807, 2.05) is 41.5 Å². The second-order valence-corrected chi connectivity index (χ2v) is 6.31. The average molecular weight is 286 g/mol. The predicted octanol–water partition coefficient (Wildman–Crippen LogP) is 0.881. The Kier molecular flexibility index (Phi) is 7.57. The molecule has 6 heteroatoms. The molecule has 0 aromatic rings. The third-order valence-electron chi connectivity index (χ3n) is 2.47. The van der Waals surface area contributed by atoms with Gasteiger partial charge in [0.25, 0.3) is 0 Å². The predicted molar refractivity (Wildman–Crippen MR) is 83.0 cm³/mol. The zero-order chi connectivity index (χ0) is 15.8. The lowest BCUT2D eigenvalue weighted by molar-refractivity contribution is -0.121. The first-order valence-corrected chi connectivity index (χ1v) is 6.98. The molecule has 20 heavy (non-hydrogen) atoms. The van der Waals surface area contributed by atoms with Gasteiger partial charge in [0.1, 0.15) is 6.54 Å². The highest BCUT2D eigenvalue weighted by Gasteiger charge is 2.17. The number of amides is 1. The average Bonchev–Trinajstić information content (AvgIpc) is 2.30. The number of hydrogen-bond donors (Lipinski definition) is 3. The van der Waals surface area contributed by atoms with Crippen LogP contribution in [0, 0.1) is 0 Å². The molecular formula is C14H30N4O2. The fourth-order valence-corrected chi connectivity index (χ4v) is 1.32. The van der Waals surface area contributed by atoms with Crippen LogP contribution in [0.25, 0.3) is 0 Å². The number of nitrogens with one attached hydrogen (secondary N) is 3. The highest BCUT2D eigenvalue weighted by Crippen LogP contribution is 2.04. The molecule has 0 aliphatic carbocycles. The third kappa shape index (κ3) is 9.61. The van der Waals surface area contributed by atoms with Crippen LogP contribution in [-0.2, 0) is 9.53 Å². The van der Waals surface area contributed by atoms with E-state index in [9.17, 15) is 4.79 Å². The van der Waals surface area contributed by atoms with Crippen LogP contribution in [-0.4, -0.2) is 49.8 Å². The topological polar surface area (TPSA) is 74.8 Å². The van der Waals surface area contributed by atoms with Crippen LogP contribution >= 0.6 is 0 Å². The molecule has 0 aliphatic heterocycles. The van der Waals surface area contributed by atoms with Gasteiger partial charge in [0.2, 0.25) is 5.91 Å². The van der Waals surface area contributed by atoms with E-state index in [0.29, 0.717) is 12.5 Å². The number of carbonyl (C=O) groups is 1. The highest BCUT2D eigenvalue weighted by molar-refractivity contribution is 5.85. The van der Waals surface area contributed by atoms with Crippen molar-refractivity contribution in [3.63, 3.8) is 0 Å². The van der Waals surface area contributed by atoms with E-state index in [1.165, 1.54) is 0 Å². The molecule has 3 N–H and O–H groups in total. The Bertz CT molecular complexity index is 333. The van der Waals surface area contributed by atoms with E-state index in [2.05, 4.69) is 20.9 Å². The van der Waals surface area contributed by atoms with Gasteiger partial charge in [-0.25, -0.2) is 4.99 Å². The van der Waals surface area contributed by atoms with Crippen molar-refractivity contribution in [2.75, 3.05) is 26.7 Å². The first-order valence-electron chi connectivity index (χ1n) is 6.98. The zero-order valence-corrected chi connectivity index (χ0v) is 13.9. The minimum absolute atomic E-state index is 0.0966. The van der Waals surface area contributed by atoms with Crippen molar-refractivity contribution >= 4 is 11.9 Å². The zero-order valence-electron chi connectivity index (χ0n) is 13.9. The van der Waals surface area contributed by atoms with Gasteiger partial charge < -0.3 is 20.7 Å². The quantitative estimate of drug-likeness (QED) is 0.500. The Balaban J connectivity index is 4.44. The van der Waals surface area contributed by atoms with Crippen LogP contribution in [0.4, 0.5) is 0 Å². The number of nitrogens with zero attached hydrogens (tertiary/aromatic N) is 1. The van der Waals surface area contributed by atoms with E-state index in [1.54, 1.807) is 7.11 Å². The van der Waals surface area contributed by atoms with Crippen molar-refractivity contribution in [3.8, 4) is 0 Å². The molecule has 0 spiro atoms. The second kappa shape index (κ2) is 8.09. The molecule has 0 fully saturated rings. The summed E-state index contributed by atoms with van der Waals surface area (Å²) in [5.74, 6) is 0.516. The maximum absolute atomic E-state index is 11.7. The number of ether oxygens (including phenoxy) is 1. The van der Waals surface area contributed by atoms with Crippen LogP contribution in [0.5, 0.6) is 0 Å². The van der Waals surface area contributed by atoms with Crippen molar-refractivity contribution in [1.82, 2.24) is 16.0 Å². The summed E-state index contributed by atoms with van der Waals surface area (Å²) in [6.45, 7) is 13.2. The van der Waals surface area contributed by atoms with E-state index >= 15 is 0 Å². The summed E-state index contributed by atoms with van der Waals surface area (Å²) in [5.41, 5.74) is -0.527. The van der Waals surface area contributed by atoms with Gasteiger partial charge in [-0.1, -0.05) is 0 Å². The first kappa shape index (κ1) is 18.7. The summed E-state index contributed by atoms with van der Waals surface area (Å²) in [5, 5.41) is 9.14. The molecule has 0 rings (SSSR count). The molecule has 0 radical (unpaired) electrons. The molecular weight excluding hydrogens is 256 g/mol. The van der Waals surface area contributed by atoms with Crippen LogP contribution in [0.3, 0.4) is 0 Å². The minimum Gasteiger partial charge on any atom is -0.377 e. The first-order chi connectivity index (χ1) is 9.09. The van der Waals surface area contributed by atoms with Crippen molar-refractivity contribution in [1.29, 1.82) is 0 Å². The van der Waals surface area contributed by atoms with Crippen LogP contribution in [0.1, 0.15) is 41.5 Å². The molecule has 0 aromatic carbocycles. The van der Waals surface area contributed by atoms with Crippen LogP contribution in [0.15, 0.2) is 4.99 Å². The molecule has 0 atom stereocenters. The van der Waals surface area contributed by atoms with E-state index in [-0.39, 0.29) is 23.6 Å².